The molecule has 0 bridgehead atoms. The van der Waals surface area contributed by atoms with Gasteiger partial charge >= 0.3 is 5.97 Å². The van der Waals surface area contributed by atoms with Gasteiger partial charge in [0.1, 0.15) is 0 Å². The summed E-state index contributed by atoms with van der Waals surface area (Å²) < 4.78 is 0. The highest BCUT2D eigenvalue weighted by Gasteiger charge is 2.35. The van der Waals surface area contributed by atoms with E-state index in [-0.39, 0.29) is 11.8 Å². The van der Waals surface area contributed by atoms with Crippen LogP contribution in [0.2, 0.25) is 0 Å². The maximum atomic E-state index is 13.2. The van der Waals surface area contributed by atoms with Crippen LogP contribution in [0, 0.1) is 11.8 Å². The van der Waals surface area contributed by atoms with Crippen LogP contribution in [-0.4, -0.2) is 64.0 Å². The first-order chi connectivity index (χ1) is 16.4. The van der Waals surface area contributed by atoms with Gasteiger partial charge in [0, 0.05) is 37.1 Å². The monoisotopic (exact) mass is 467 g/mol. The number of fused-ring (bicyclic) bond motifs is 1. The molecule has 3 heterocycles. The van der Waals surface area contributed by atoms with Crippen molar-refractivity contribution in [2.45, 2.75) is 76.7 Å². The molecular formula is C28H41N3O3. The summed E-state index contributed by atoms with van der Waals surface area (Å²) in [5.41, 5.74) is 1.13. The third-order valence-corrected chi connectivity index (χ3v) is 8.33. The summed E-state index contributed by atoms with van der Waals surface area (Å²) in [4.78, 5) is 32.1. The van der Waals surface area contributed by atoms with Crippen molar-refractivity contribution in [1.82, 2.24) is 14.8 Å². The average Bonchev–Trinajstić information content (AvgIpc) is 3.22. The number of piperidine rings is 2. The van der Waals surface area contributed by atoms with Crippen LogP contribution in [0.15, 0.2) is 18.3 Å². The number of carboxylic acid groups (broad SMARTS) is 1. The number of carboxylic acids is 1. The van der Waals surface area contributed by atoms with Crippen molar-refractivity contribution in [1.29, 1.82) is 0 Å². The van der Waals surface area contributed by atoms with Crippen molar-refractivity contribution in [2.75, 3.05) is 26.2 Å². The molecule has 0 spiro atoms. The van der Waals surface area contributed by atoms with Gasteiger partial charge in [-0.1, -0.05) is 38.5 Å². The number of carbonyl (C=O) groups excluding carboxylic acids is 1. The van der Waals surface area contributed by atoms with E-state index in [4.69, 9.17) is 5.11 Å². The van der Waals surface area contributed by atoms with Crippen LogP contribution in [0.3, 0.4) is 0 Å². The highest BCUT2D eigenvalue weighted by Crippen LogP contribution is 2.36. The Kier molecular flexibility index (Phi) is 8.30. The molecule has 1 aliphatic carbocycles. The van der Waals surface area contributed by atoms with Gasteiger partial charge in [-0.25, -0.2) is 0 Å². The molecule has 6 heteroatoms. The van der Waals surface area contributed by atoms with Crippen molar-refractivity contribution < 1.29 is 14.7 Å². The molecule has 2 N–H and O–H groups in total. The minimum absolute atomic E-state index is 0.141. The van der Waals surface area contributed by atoms with Crippen LogP contribution in [-0.2, 0) is 9.59 Å². The van der Waals surface area contributed by atoms with Gasteiger partial charge in [0.15, 0.2) is 0 Å². The van der Waals surface area contributed by atoms with Crippen molar-refractivity contribution in [3.05, 3.63) is 34.5 Å². The molecule has 4 rings (SSSR count). The Balaban J connectivity index is 1.31. The highest BCUT2D eigenvalue weighted by atomic mass is 16.4. The lowest BCUT2D eigenvalue weighted by molar-refractivity contribution is -0.143. The lowest BCUT2D eigenvalue weighted by atomic mass is 9.78. The Labute approximate surface area is 203 Å². The molecule has 2 aliphatic heterocycles. The highest BCUT2D eigenvalue weighted by molar-refractivity contribution is 5.77. The normalized spacial score (nSPS) is 26.0. The van der Waals surface area contributed by atoms with Crippen LogP contribution < -0.4 is 10.6 Å². The Bertz CT molecular complexity index is 987. The van der Waals surface area contributed by atoms with Gasteiger partial charge in [-0.15, -0.1) is 0 Å². The van der Waals surface area contributed by atoms with Gasteiger partial charge < -0.3 is 15.0 Å². The lowest BCUT2D eigenvalue weighted by Crippen LogP contribution is -2.49. The second-order valence-electron chi connectivity index (χ2n) is 10.6. The van der Waals surface area contributed by atoms with E-state index in [1.54, 1.807) is 0 Å². The smallest absolute Gasteiger partial charge is 0.306 e. The number of nitrogens with one attached hydrogen (secondary N) is 1. The number of aliphatic carboxylic acids is 1. The first kappa shape index (κ1) is 24.8. The minimum atomic E-state index is -0.668. The minimum Gasteiger partial charge on any atom is -0.481 e. The van der Waals surface area contributed by atoms with E-state index >= 15 is 0 Å². The Morgan fingerprint density at radius 1 is 1.15 bits per heavy atom. The number of allylic oxidation sites excluding steroid dienone is 1. The molecule has 3 fully saturated rings. The number of amides is 1. The molecule has 1 aromatic heterocycles. The largest absolute Gasteiger partial charge is 0.481 e. The van der Waals surface area contributed by atoms with E-state index < -0.39 is 5.97 Å². The number of likely N-dealkylation sites (tertiary alicyclic amines) is 2. The molecule has 0 radical (unpaired) electrons. The van der Waals surface area contributed by atoms with E-state index in [2.05, 4.69) is 34.4 Å². The molecule has 2 saturated heterocycles. The molecule has 1 saturated carbocycles. The number of aromatic amines is 1. The predicted octanol–water partition coefficient (Wildman–Crippen LogP) is 3.23. The van der Waals surface area contributed by atoms with Crippen LogP contribution >= 0.6 is 0 Å². The number of carbonyl (C=O) groups is 2. The molecule has 6 nitrogen and oxygen atoms in total. The number of hydrogen-bond acceptors (Lipinski definition) is 3. The van der Waals surface area contributed by atoms with E-state index in [1.807, 2.05) is 18.3 Å². The van der Waals surface area contributed by atoms with Crippen LogP contribution in [0.4, 0.5) is 0 Å². The van der Waals surface area contributed by atoms with Crippen LogP contribution in [0.5, 0.6) is 0 Å². The lowest BCUT2D eigenvalue weighted by Gasteiger charge is -2.44. The third kappa shape index (κ3) is 5.83. The topological polar surface area (TPSA) is 76.6 Å². The summed E-state index contributed by atoms with van der Waals surface area (Å²) in [5, 5.41) is 11.1. The van der Waals surface area contributed by atoms with Gasteiger partial charge in [0.05, 0.1) is 5.92 Å². The second-order valence-corrected chi connectivity index (χ2v) is 10.6. The first-order valence-corrected chi connectivity index (χ1v) is 13.2. The number of H-pyrrole nitrogens is 1. The third-order valence-electron chi connectivity index (χ3n) is 8.33. The summed E-state index contributed by atoms with van der Waals surface area (Å²) in [6.07, 6.45) is 17.7. The number of hydrogen-bond donors (Lipinski definition) is 2. The number of rotatable bonds is 7. The summed E-state index contributed by atoms with van der Waals surface area (Å²) >= 11 is 0. The zero-order chi connectivity index (χ0) is 24.1. The summed E-state index contributed by atoms with van der Waals surface area (Å²) in [5.74, 6) is 0.308. The molecule has 186 valence electrons. The average molecular weight is 468 g/mol. The van der Waals surface area contributed by atoms with E-state index in [0.717, 1.165) is 61.6 Å². The van der Waals surface area contributed by atoms with Gasteiger partial charge in [0.2, 0.25) is 5.91 Å². The Morgan fingerprint density at radius 2 is 1.88 bits per heavy atom. The maximum Gasteiger partial charge on any atom is 0.306 e. The molecule has 0 aromatic carbocycles. The zero-order valence-electron chi connectivity index (χ0n) is 20.7. The number of aromatic nitrogens is 1. The molecule has 3 aliphatic rings. The molecule has 34 heavy (non-hydrogen) atoms. The first-order valence-electron chi connectivity index (χ1n) is 13.2. The predicted molar refractivity (Wildman–Crippen MR) is 136 cm³/mol. The quantitative estimate of drug-likeness (QED) is 0.646. The van der Waals surface area contributed by atoms with E-state index in [1.165, 1.54) is 32.1 Å². The van der Waals surface area contributed by atoms with E-state index in [0.29, 0.717) is 24.3 Å². The maximum absolute atomic E-state index is 13.2. The number of nitrogens with zero attached hydrogens (tertiary/aromatic N) is 2. The van der Waals surface area contributed by atoms with Crippen molar-refractivity contribution in [2.24, 2.45) is 11.8 Å². The molecule has 1 aromatic rings. The molecule has 3 unspecified atom stereocenters. The Hall–Kier alpha value is -2.34. The van der Waals surface area contributed by atoms with E-state index in [9.17, 15) is 9.59 Å². The van der Waals surface area contributed by atoms with Crippen molar-refractivity contribution >= 4 is 24.5 Å². The zero-order valence-corrected chi connectivity index (χ0v) is 20.7. The SMILES string of the molecule is C=c1c(C(C)CC(=O)N2CCCC3CCCCC32)c[nH]/c1=C/C=C\CN1CCC(C(=O)O)CC1. The standard InChI is InChI=1S/C28H41N3O3/c1-20(18-27(32)31-15-7-9-22-8-3-4-11-26(22)31)24-19-29-25(21(24)2)10-5-6-14-30-16-12-23(13-17-30)28(33)34/h5-6,10,19-20,22-23,26,29H,2-4,7-9,11-18H2,1H3,(H,33,34)/b6-5-,25-10+. The fourth-order valence-electron chi connectivity index (χ4n) is 6.23. The van der Waals surface area contributed by atoms with Crippen LogP contribution in [0.1, 0.15) is 76.2 Å². The molecule has 3 atom stereocenters. The van der Waals surface area contributed by atoms with Crippen molar-refractivity contribution in [3.8, 4) is 0 Å². The second kappa shape index (κ2) is 11.4. The Morgan fingerprint density at radius 3 is 2.65 bits per heavy atom. The molecular weight excluding hydrogens is 426 g/mol. The fourth-order valence-corrected chi connectivity index (χ4v) is 6.23. The summed E-state index contributed by atoms with van der Waals surface area (Å²) in [6.45, 7) is 9.85. The van der Waals surface area contributed by atoms with Gasteiger partial charge in [-0.05, 0) is 80.3 Å². The fraction of sp³-hybridized carbons (Fsp3) is 0.643. The van der Waals surface area contributed by atoms with Gasteiger partial charge in [-0.2, -0.15) is 0 Å². The van der Waals surface area contributed by atoms with Crippen LogP contribution in [0.25, 0.3) is 12.7 Å². The summed E-state index contributed by atoms with van der Waals surface area (Å²) in [7, 11) is 0. The molecule has 1 amide bonds. The summed E-state index contributed by atoms with van der Waals surface area (Å²) in [6, 6.07) is 0.469. The van der Waals surface area contributed by atoms with Crippen molar-refractivity contribution in [3.63, 3.8) is 0 Å². The van der Waals surface area contributed by atoms with Gasteiger partial charge in [-0.3, -0.25) is 14.5 Å². The van der Waals surface area contributed by atoms with Gasteiger partial charge in [0.25, 0.3) is 0 Å².